The van der Waals surface area contributed by atoms with E-state index in [0.717, 1.165) is 32.2 Å². The molecule has 1 N–H and O–H groups in total. The van der Waals surface area contributed by atoms with Crippen molar-refractivity contribution in [2.24, 2.45) is 0 Å². The molecule has 0 spiro atoms. The second-order valence-electron chi connectivity index (χ2n) is 7.07. The highest BCUT2D eigenvalue weighted by Gasteiger charge is 2.20. The number of rotatable bonds is 6. The maximum atomic E-state index is 12.2. The van der Waals surface area contributed by atoms with Crippen molar-refractivity contribution >= 4 is 60.9 Å². The number of halogens is 1. The predicted octanol–water partition coefficient (Wildman–Crippen LogP) is 6.00. The summed E-state index contributed by atoms with van der Waals surface area (Å²) in [5.41, 5.74) is 3.06. The lowest BCUT2D eigenvalue weighted by atomic mass is 10.0. The topological polar surface area (TPSA) is 90.4 Å². The van der Waals surface area contributed by atoms with Gasteiger partial charge in [0.1, 0.15) is 17.0 Å². The van der Waals surface area contributed by atoms with Gasteiger partial charge in [-0.25, -0.2) is 19.6 Å². The number of fused-ring (bicyclic) bond motifs is 1. The fraction of sp³-hybridized carbons (Fsp3) is 0.167. The summed E-state index contributed by atoms with van der Waals surface area (Å²) < 4.78 is 10.7. The molecule has 0 radical (unpaired) electrons. The molecule has 0 aliphatic heterocycles. The smallest absolute Gasteiger partial charge is 0.337 e. The molecule has 0 amide bonds. The van der Waals surface area contributed by atoms with Crippen LogP contribution in [0.1, 0.15) is 32.5 Å². The van der Waals surface area contributed by atoms with Crippen LogP contribution in [0.5, 0.6) is 0 Å². The maximum Gasteiger partial charge on any atom is 0.337 e. The van der Waals surface area contributed by atoms with Crippen molar-refractivity contribution in [3.05, 3.63) is 69.3 Å². The Morgan fingerprint density at radius 3 is 2.21 bits per heavy atom. The van der Waals surface area contributed by atoms with Gasteiger partial charge in [0.25, 0.3) is 0 Å². The number of hydrogen-bond donors (Lipinski definition) is 1. The minimum absolute atomic E-state index is 0.223. The van der Waals surface area contributed by atoms with Crippen molar-refractivity contribution in [3.63, 3.8) is 0 Å². The molecule has 4 rings (SSSR count). The Bertz CT molecular complexity index is 1320. The quantitative estimate of drug-likeness (QED) is 0.308. The fourth-order valence-electron chi connectivity index (χ4n) is 3.55. The van der Waals surface area contributed by atoms with Gasteiger partial charge in [-0.1, -0.05) is 35.0 Å². The molecule has 2 heterocycles. The molecule has 168 valence electrons. The van der Waals surface area contributed by atoms with Gasteiger partial charge in [0.15, 0.2) is 0 Å². The first-order chi connectivity index (χ1) is 15.9. The van der Waals surface area contributed by atoms with Crippen LogP contribution in [0.2, 0.25) is 0 Å². The number of anilines is 2. The molecule has 0 saturated heterocycles. The van der Waals surface area contributed by atoms with Crippen molar-refractivity contribution in [3.8, 4) is 11.1 Å². The third kappa shape index (κ3) is 4.60. The number of esters is 2. The van der Waals surface area contributed by atoms with Crippen LogP contribution < -0.4 is 5.32 Å². The van der Waals surface area contributed by atoms with Crippen LogP contribution in [0.3, 0.4) is 0 Å². The first-order valence-corrected chi connectivity index (χ1v) is 11.7. The number of ether oxygens (including phenoxy) is 2. The van der Waals surface area contributed by atoms with E-state index in [-0.39, 0.29) is 11.1 Å². The lowest BCUT2D eigenvalue weighted by Crippen LogP contribution is -2.08. The van der Waals surface area contributed by atoms with Gasteiger partial charge in [-0.05, 0) is 42.3 Å². The molecule has 0 unspecified atom stereocenters. The number of carbonyl (C=O) groups excluding carboxylic acids is 2. The summed E-state index contributed by atoms with van der Waals surface area (Å²) in [4.78, 5) is 35.4. The van der Waals surface area contributed by atoms with E-state index in [2.05, 4.69) is 50.3 Å². The number of thiophene rings is 1. The number of hydrogen-bond acceptors (Lipinski definition) is 8. The minimum atomic E-state index is -0.559. The van der Waals surface area contributed by atoms with E-state index in [4.69, 9.17) is 9.47 Å². The molecular formula is C24H20BrN3O4S. The molecule has 9 heteroatoms. The number of benzene rings is 2. The fourth-order valence-corrected chi connectivity index (χ4v) is 4.92. The van der Waals surface area contributed by atoms with Crippen molar-refractivity contribution in [1.29, 1.82) is 0 Å². The molecule has 0 saturated carbocycles. The molecule has 7 nitrogen and oxygen atoms in total. The molecule has 0 atom stereocenters. The number of nitrogens with zero attached hydrogens (tertiary/aromatic N) is 2. The van der Waals surface area contributed by atoms with E-state index >= 15 is 0 Å². The summed E-state index contributed by atoms with van der Waals surface area (Å²) in [6.07, 6.45) is 2.34. The Morgan fingerprint density at radius 1 is 1.00 bits per heavy atom. The number of aromatic nitrogens is 2. The van der Waals surface area contributed by atoms with E-state index in [0.29, 0.717) is 11.5 Å². The summed E-state index contributed by atoms with van der Waals surface area (Å²) in [7, 11) is 2.58. The highest BCUT2D eigenvalue weighted by Crippen LogP contribution is 2.42. The summed E-state index contributed by atoms with van der Waals surface area (Å²) in [6, 6.07) is 12.8. The highest BCUT2D eigenvalue weighted by molar-refractivity contribution is 9.10. The standard InChI is InChI=1S/C24H20BrN3O4S/c1-4-18-19(13-5-7-16(25)8-6-13)20-21(26-12-27-22(20)33-18)28-17-10-14(23(29)31-2)9-15(11-17)24(30)32-3/h5-12H,4H2,1-3H3,(H,26,27,28). The van der Waals surface area contributed by atoms with E-state index in [1.165, 1.54) is 31.5 Å². The van der Waals surface area contributed by atoms with Crippen LogP contribution >= 0.6 is 27.3 Å². The monoisotopic (exact) mass is 525 g/mol. The van der Waals surface area contributed by atoms with E-state index in [1.807, 2.05) is 12.1 Å². The summed E-state index contributed by atoms with van der Waals surface area (Å²) >= 11 is 5.11. The third-order valence-electron chi connectivity index (χ3n) is 5.05. The summed E-state index contributed by atoms with van der Waals surface area (Å²) in [5, 5.41) is 4.15. The predicted molar refractivity (Wildman–Crippen MR) is 132 cm³/mol. The Kier molecular flexibility index (Phi) is 6.71. The number of nitrogens with one attached hydrogen (secondary N) is 1. The van der Waals surface area contributed by atoms with Gasteiger partial charge in [-0.3, -0.25) is 0 Å². The van der Waals surface area contributed by atoms with Crippen molar-refractivity contribution in [2.75, 3.05) is 19.5 Å². The Balaban J connectivity index is 1.88. The Morgan fingerprint density at radius 2 is 1.64 bits per heavy atom. The lowest BCUT2D eigenvalue weighted by Gasteiger charge is -2.12. The summed E-state index contributed by atoms with van der Waals surface area (Å²) in [5.74, 6) is -0.543. The number of carbonyl (C=O) groups is 2. The molecule has 2 aromatic carbocycles. The van der Waals surface area contributed by atoms with Gasteiger partial charge in [-0.2, -0.15) is 0 Å². The molecule has 0 bridgehead atoms. The van der Waals surface area contributed by atoms with Crippen molar-refractivity contribution in [2.45, 2.75) is 13.3 Å². The van der Waals surface area contributed by atoms with Gasteiger partial charge >= 0.3 is 11.9 Å². The highest BCUT2D eigenvalue weighted by atomic mass is 79.9. The largest absolute Gasteiger partial charge is 0.465 e. The SMILES string of the molecule is CCc1sc2ncnc(Nc3cc(C(=O)OC)cc(C(=O)OC)c3)c2c1-c1ccc(Br)cc1. The maximum absolute atomic E-state index is 12.2. The van der Waals surface area contributed by atoms with Crippen LogP contribution in [0.15, 0.2) is 53.3 Å². The Hall–Kier alpha value is -3.30. The van der Waals surface area contributed by atoms with Gasteiger partial charge in [0.2, 0.25) is 0 Å². The molecule has 4 aromatic rings. The second kappa shape index (κ2) is 9.68. The van der Waals surface area contributed by atoms with Crippen LogP contribution in [0.4, 0.5) is 11.5 Å². The van der Waals surface area contributed by atoms with Crippen LogP contribution in [-0.4, -0.2) is 36.1 Å². The van der Waals surface area contributed by atoms with Crippen molar-refractivity contribution in [1.82, 2.24) is 9.97 Å². The normalized spacial score (nSPS) is 10.8. The molecule has 0 aliphatic carbocycles. The zero-order chi connectivity index (χ0) is 23.5. The van der Waals surface area contributed by atoms with Crippen molar-refractivity contribution < 1.29 is 19.1 Å². The van der Waals surface area contributed by atoms with Crippen LogP contribution in [-0.2, 0) is 15.9 Å². The van der Waals surface area contributed by atoms with Gasteiger partial charge in [-0.15, -0.1) is 11.3 Å². The lowest BCUT2D eigenvalue weighted by molar-refractivity contribution is 0.0599. The minimum Gasteiger partial charge on any atom is -0.465 e. The Labute approximate surface area is 202 Å². The first-order valence-electron chi connectivity index (χ1n) is 10.1. The molecular weight excluding hydrogens is 506 g/mol. The van der Waals surface area contributed by atoms with Crippen LogP contribution in [0, 0.1) is 0 Å². The zero-order valence-corrected chi connectivity index (χ0v) is 20.5. The van der Waals surface area contributed by atoms with Gasteiger partial charge in [0, 0.05) is 20.6 Å². The first kappa shape index (κ1) is 22.9. The average Bonchev–Trinajstić information content (AvgIpc) is 3.23. The zero-order valence-electron chi connectivity index (χ0n) is 18.1. The summed E-state index contributed by atoms with van der Waals surface area (Å²) in [6.45, 7) is 2.11. The van der Waals surface area contributed by atoms with E-state index < -0.39 is 11.9 Å². The molecule has 33 heavy (non-hydrogen) atoms. The average molecular weight is 526 g/mol. The molecule has 2 aromatic heterocycles. The van der Waals surface area contributed by atoms with E-state index in [9.17, 15) is 9.59 Å². The number of aryl methyl sites for hydroxylation is 1. The van der Waals surface area contributed by atoms with Crippen LogP contribution in [0.25, 0.3) is 21.3 Å². The third-order valence-corrected chi connectivity index (χ3v) is 6.82. The molecule has 0 fully saturated rings. The molecule has 0 aliphatic rings. The van der Waals surface area contributed by atoms with Gasteiger partial charge < -0.3 is 14.8 Å². The second-order valence-corrected chi connectivity index (χ2v) is 9.07. The number of methoxy groups -OCH3 is 2. The van der Waals surface area contributed by atoms with E-state index in [1.54, 1.807) is 23.5 Å². The van der Waals surface area contributed by atoms with Gasteiger partial charge in [0.05, 0.1) is 30.7 Å².